The molecule has 0 saturated heterocycles. The van der Waals surface area contributed by atoms with Gasteiger partial charge in [0.1, 0.15) is 0 Å². The molecule has 1 aliphatic heterocycles. The molecule has 1 aliphatic rings. The zero-order valence-corrected chi connectivity index (χ0v) is 12.5. The summed E-state index contributed by atoms with van der Waals surface area (Å²) in [4.78, 5) is 15.7. The fourth-order valence-electron chi connectivity index (χ4n) is 3.14. The Balaban J connectivity index is 2.07. The molecule has 0 saturated carbocycles. The number of benzene rings is 2. The molecule has 110 valence electrons. The Morgan fingerprint density at radius 2 is 1.95 bits per heavy atom. The van der Waals surface area contributed by atoms with E-state index in [1.54, 1.807) is 12.3 Å². The number of aryl methyl sites for hydroxylation is 1. The second-order valence-corrected chi connectivity index (χ2v) is 5.93. The summed E-state index contributed by atoms with van der Waals surface area (Å²) in [5, 5.41) is 15.2. The molecular weight excluding hydrogens is 300 g/mol. The SMILES string of the molecule is Cc1ccc(Cl)c2c1NC(=O)C2(O)c1c[nH]c2ccccc12. The molecule has 3 aromatic rings. The van der Waals surface area contributed by atoms with Gasteiger partial charge in [-0.25, -0.2) is 0 Å². The molecule has 1 aromatic heterocycles. The molecule has 1 unspecified atom stereocenters. The number of anilines is 1. The molecule has 4 nitrogen and oxygen atoms in total. The van der Waals surface area contributed by atoms with E-state index in [4.69, 9.17) is 11.6 Å². The maximum absolute atomic E-state index is 12.6. The highest BCUT2D eigenvalue weighted by Gasteiger charge is 2.50. The van der Waals surface area contributed by atoms with Crippen molar-refractivity contribution in [3.63, 3.8) is 0 Å². The number of halogens is 1. The predicted octanol–water partition coefficient (Wildman–Crippen LogP) is 3.32. The van der Waals surface area contributed by atoms with Crippen LogP contribution in [-0.2, 0) is 10.4 Å². The Labute approximate surface area is 131 Å². The van der Waals surface area contributed by atoms with Gasteiger partial charge in [0.25, 0.3) is 5.91 Å². The highest BCUT2D eigenvalue weighted by molar-refractivity contribution is 6.33. The zero-order chi connectivity index (χ0) is 15.5. The Morgan fingerprint density at radius 3 is 2.77 bits per heavy atom. The molecule has 2 aromatic carbocycles. The van der Waals surface area contributed by atoms with Gasteiger partial charge >= 0.3 is 0 Å². The third kappa shape index (κ3) is 1.54. The number of fused-ring (bicyclic) bond motifs is 2. The fourth-order valence-corrected chi connectivity index (χ4v) is 3.44. The molecule has 4 rings (SSSR count). The summed E-state index contributed by atoms with van der Waals surface area (Å²) < 4.78 is 0. The van der Waals surface area contributed by atoms with E-state index in [9.17, 15) is 9.90 Å². The number of hydrogen-bond donors (Lipinski definition) is 3. The first-order valence-electron chi connectivity index (χ1n) is 6.93. The molecule has 2 heterocycles. The van der Waals surface area contributed by atoms with Crippen LogP contribution in [0.25, 0.3) is 10.9 Å². The first-order valence-corrected chi connectivity index (χ1v) is 7.31. The number of carbonyl (C=O) groups excluding carboxylic acids is 1. The summed E-state index contributed by atoms with van der Waals surface area (Å²) >= 11 is 6.30. The van der Waals surface area contributed by atoms with E-state index in [1.807, 2.05) is 37.3 Å². The Bertz CT molecular complexity index is 932. The van der Waals surface area contributed by atoms with Gasteiger partial charge in [0.05, 0.1) is 5.69 Å². The van der Waals surface area contributed by atoms with Crippen molar-refractivity contribution in [2.45, 2.75) is 12.5 Å². The van der Waals surface area contributed by atoms with Gasteiger partial charge in [0, 0.05) is 33.2 Å². The van der Waals surface area contributed by atoms with E-state index in [1.165, 1.54) is 0 Å². The third-order valence-corrected chi connectivity index (χ3v) is 4.59. The maximum atomic E-state index is 12.6. The van der Waals surface area contributed by atoms with Crippen molar-refractivity contribution in [1.29, 1.82) is 0 Å². The van der Waals surface area contributed by atoms with Crippen molar-refractivity contribution in [3.05, 3.63) is 64.3 Å². The molecule has 22 heavy (non-hydrogen) atoms. The van der Waals surface area contributed by atoms with Crippen LogP contribution < -0.4 is 5.32 Å². The van der Waals surface area contributed by atoms with Crippen molar-refractivity contribution in [3.8, 4) is 0 Å². The van der Waals surface area contributed by atoms with E-state index in [-0.39, 0.29) is 0 Å². The molecule has 1 amide bonds. The number of aromatic nitrogens is 1. The van der Waals surface area contributed by atoms with Crippen molar-refractivity contribution in [2.75, 3.05) is 5.32 Å². The second-order valence-electron chi connectivity index (χ2n) is 5.53. The highest BCUT2D eigenvalue weighted by atomic mass is 35.5. The molecule has 0 bridgehead atoms. The van der Waals surface area contributed by atoms with Gasteiger partial charge in [-0.2, -0.15) is 0 Å². The van der Waals surface area contributed by atoms with Crippen LogP contribution in [-0.4, -0.2) is 16.0 Å². The van der Waals surface area contributed by atoms with Crippen molar-refractivity contribution >= 4 is 34.1 Å². The summed E-state index contributed by atoms with van der Waals surface area (Å²) in [7, 11) is 0. The normalized spacial score (nSPS) is 20.2. The van der Waals surface area contributed by atoms with Crippen LogP contribution in [0, 0.1) is 6.92 Å². The second kappa shape index (κ2) is 4.35. The van der Waals surface area contributed by atoms with E-state index in [0.29, 0.717) is 21.8 Å². The lowest BCUT2D eigenvalue weighted by Gasteiger charge is -2.21. The monoisotopic (exact) mass is 312 g/mol. The quantitative estimate of drug-likeness (QED) is 0.645. The minimum absolute atomic E-state index is 0.367. The number of aromatic amines is 1. The van der Waals surface area contributed by atoms with Gasteiger partial charge in [0.15, 0.2) is 5.60 Å². The fraction of sp³-hybridized carbons (Fsp3) is 0.118. The van der Waals surface area contributed by atoms with Gasteiger partial charge in [-0.05, 0) is 24.6 Å². The minimum atomic E-state index is -1.79. The number of carbonyl (C=O) groups is 1. The summed E-state index contributed by atoms with van der Waals surface area (Å²) in [5.74, 6) is -0.483. The lowest BCUT2D eigenvalue weighted by atomic mass is 9.86. The summed E-state index contributed by atoms with van der Waals surface area (Å²) in [6.07, 6.45) is 1.66. The average Bonchev–Trinajstić information content (AvgIpc) is 3.05. The zero-order valence-electron chi connectivity index (χ0n) is 11.8. The largest absolute Gasteiger partial charge is 0.372 e. The van der Waals surface area contributed by atoms with Crippen LogP contribution in [0.2, 0.25) is 5.02 Å². The molecular formula is C17H13ClN2O2. The lowest BCUT2D eigenvalue weighted by molar-refractivity contribution is -0.129. The van der Waals surface area contributed by atoms with Gasteiger partial charge in [-0.1, -0.05) is 35.9 Å². The smallest absolute Gasteiger partial charge is 0.266 e. The van der Waals surface area contributed by atoms with Crippen molar-refractivity contribution < 1.29 is 9.90 Å². The number of aliphatic hydroxyl groups is 1. The van der Waals surface area contributed by atoms with Crippen LogP contribution in [0.5, 0.6) is 0 Å². The molecule has 0 fully saturated rings. The number of amides is 1. The van der Waals surface area contributed by atoms with Crippen LogP contribution >= 0.6 is 11.6 Å². The third-order valence-electron chi connectivity index (χ3n) is 4.27. The van der Waals surface area contributed by atoms with E-state index in [0.717, 1.165) is 16.5 Å². The first-order chi connectivity index (χ1) is 10.5. The van der Waals surface area contributed by atoms with Gasteiger partial charge in [-0.15, -0.1) is 0 Å². The van der Waals surface area contributed by atoms with Crippen LogP contribution in [0.4, 0.5) is 5.69 Å². The number of rotatable bonds is 1. The van der Waals surface area contributed by atoms with E-state index >= 15 is 0 Å². The van der Waals surface area contributed by atoms with Gasteiger partial charge < -0.3 is 15.4 Å². The standard InChI is InChI=1S/C17H13ClN2O2/c1-9-6-7-12(18)14-15(9)20-16(21)17(14,22)11-8-19-13-5-3-2-4-10(11)13/h2-8,19,22H,1H3,(H,20,21). The number of para-hydroxylation sites is 1. The molecule has 0 radical (unpaired) electrons. The maximum Gasteiger partial charge on any atom is 0.266 e. The number of hydrogen-bond acceptors (Lipinski definition) is 2. The Hall–Kier alpha value is -2.30. The predicted molar refractivity (Wildman–Crippen MR) is 86.1 cm³/mol. The molecule has 3 N–H and O–H groups in total. The van der Waals surface area contributed by atoms with E-state index in [2.05, 4.69) is 10.3 Å². The van der Waals surface area contributed by atoms with Gasteiger partial charge in [-0.3, -0.25) is 4.79 Å². The van der Waals surface area contributed by atoms with Crippen molar-refractivity contribution in [1.82, 2.24) is 4.98 Å². The number of H-pyrrole nitrogens is 1. The van der Waals surface area contributed by atoms with Crippen molar-refractivity contribution in [2.24, 2.45) is 0 Å². The lowest BCUT2D eigenvalue weighted by Crippen LogP contribution is -2.35. The van der Waals surface area contributed by atoms with Crippen LogP contribution in [0.15, 0.2) is 42.6 Å². The molecule has 5 heteroatoms. The average molecular weight is 313 g/mol. The number of nitrogens with one attached hydrogen (secondary N) is 2. The highest BCUT2D eigenvalue weighted by Crippen LogP contribution is 2.47. The van der Waals surface area contributed by atoms with Crippen LogP contribution in [0.3, 0.4) is 0 Å². The van der Waals surface area contributed by atoms with E-state index < -0.39 is 11.5 Å². The Morgan fingerprint density at radius 1 is 1.18 bits per heavy atom. The topological polar surface area (TPSA) is 65.1 Å². The first kappa shape index (κ1) is 13.4. The van der Waals surface area contributed by atoms with Crippen LogP contribution in [0.1, 0.15) is 16.7 Å². The molecule has 1 atom stereocenters. The summed E-state index contributed by atoms with van der Waals surface area (Å²) in [6.45, 7) is 1.87. The summed E-state index contributed by atoms with van der Waals surface area (Å²) in [6, 6.07) is 11.1. The van der Waals surface area contributed by atoms with Gasteiger partial charge in [0.2, 0.25) is 0 Å². The molecule has 0 aliphatic carbocycles. The summed E-state index contributed by atoms with van der Waals surface area (Å²) in [5.41, 5.74) is 1.44. The minimum Gasteiger partial charge on any atom is -0.372 e. The molecule has 0 spiro atoms. The Kier molecular flexibility index (Phi) is 2.64.